The molecule has 0 atom stereocenters. The third-order valence-corrected chi connectivity index (χ3v) is 2.96. The van der Waals surface area contributed by atoms with Gasteiger partial charge < -0.3 is 0 Å². The summed E-state index contributed by atoms with van der Waals surface area (Å²) in [7, 11) is 0. The van der Waals surface area contributed by atoms with Crippen LogP contribution in [0.15, 0.2) is 29.2 Å². The van der Waals surface area contributed by atoms with Gasteiger partial charge in [-0.1, -0.05) is 18.2 Å². The van der Waals surface area contributed by atoms with Crippen LogP contribution >= 0.6 is 11.8 Å². The molecule has 0 aliphatic heterocycles. The molecular weight excluding hydrogens is 210 g/mol. The van der Waals surface area contributed by atoms with E-state index < -0.39 is 0 Å². The van der Waals surface area contributed by atoms with Gasteiger partial charge in [0.2, 0.25) is 0 Å². The standard InChI is InChI=1S/C11H15NO2S/c1-3-14-12-11(13)8-15-10-7-5-4-6-9(10)2/h4-7H,3,8H2,1-2H3,(H,12,13). The van der Waals surface area contributed by atoms with Crippen LogP contribution in [0.2, 0.25) is 0 Å². The zero-order valence-corrected chi connectivity index (χ0v) is 9.76. The summed E-state index contributed by atoms with van der Waals surface area (Å²) in [5.41, 5.74) is 3.55. The number of hydrogen-bond acceptors (Lipinski definition) is 3. The van der Waals surface area contributed by atoms with Gasteiger partial charge in [-0.3, -0.25) is 9.63 Å². The summed E-state index contributed by atoms with van der Waals surface area (Å²) in [5.74, 6) is 0.273. The Hall–Kier alpha value is -1.00. The summed E-state index contributed by atoms with van der Waals surface area (Å²) in [6, 6.07) is 7.99. The van der Waals surface area contributed by atoms with Gasteiger partial charge in [0, 0.05) is 4.90 Å². The molecule has 0 aliphatic carbocycles. The summed E-state index contributed by atoms with van der Waals surface area (Å²) < 4.78 is 0. The van der Waals surface area contributed by atoms with Crippen LogP contribution in [0.5, 0.6) is 0 Å². The summed E-state index contributed by atoms with van der Waals surface area (Å²) in [4.78, 5) is 17.2. The van der Waals surface area contributed by atoms with Gasteiger partial charge in [-0.2, -0.15) is 0 Å². The zero-order valence-electron chi connectivity index (χ0n) is 8.95. The van der Waals surface area contributed by atoms with Crippen LogP contribution in [0.25, 0.3) is 0 Å². The molecule has 0 bridgehead atoms. The highest BCUT2D eigenvalue weighted by Gasteiger charge is 2.03. The van der Waals surface area contributed by atoms with Crippen LogP contribution in [0.4, 0.5) is 0 Å². The Labute approximate surface area is 94.2 Å². The summed E-state index contributed by atoms with van der Waals surface area (Å²) in [6.07, 6.45) is 0. The van der Waals surface area contributed by atoms with E-state index >= 15 is 0 Å². The molecule has 1 aromatic rings. The minimum absolute atomic E-state index is 0.106. The van der Waals surface area contributed by atoms with Crippen LogP contribution in [0.3, 0.4) is 0 Å². The maximum Gasteiger partial charge on any atom is 0.253 e. The fraction of sp³-hybridized carbons (Fsp3) is 0.364. The minimum Gasteiger partial charge on any atom is -0.274 e. The van der Waals surface area contributed by atoms with Gasteiger partial charge in [-0.25, -0.2) is 5.48 Å². The molecule has 0 fully saturated rings. The molecule has 1 rings (SSSR count). The molecule has 0 aromatic heterocycles. The SMILES string of the molecule is CCONC(=O)CSc1ccccc1C. The van der Waals surface area contributed by atoms with E-state index in [0.29, 0.717) is 12.4 Å². The number of carbonyl (C=O) groups is 1. The number of carbonyl (C=O) groups excluding carboxylic acids is 1. The van der Waals surface area contributed by atoms with E-state index in [4.69, 9.17) is 4.84 Å². The van der Waals surface area contributed by atoms with E-state index in [-0.39, 0.29) is 5.91 Å². The highest BCUT2D eigenvalue weighted by Crippen LogP contribution is 2.21. The highest BCUT2D eigenvalue weighted by atomic mass is 32.2. The lowest BCUT2D eigenvalue weighted by Gasteiger charge is -2.05. The van der Waals surface area contributed by atoms with E-state index in [0.717, 1.165) is 4.90 Å². The van der Waals surface area contributed by atoms with Crippen molar-refractivity contribution >= 4 is 17.7 Å². The monoisotopic (exact) mass is 225 g/mol. The predicted molar refractivity (Wildman–Crippen MR) is 61.7 cm³/mol. The van der Waals surface area contributed by atoms with E-state index in [1.807, 2.05) is 38.1 Å². The fourth-order valence-electron chi connectivity index (χ4n) is 1.04. The molecule has 0 spiro atoms. The lowest BCUT2D eigenvalue weighted by Crippen LogP contribution is -2.25. The van der Waals surface area contributed by atoms with Gasteiger partial charge >= 0.3 is 0 Å². The quantitative estimate of drug-likeness (QED) is 0.616. The Balaban J connectivity index is 2.37. The first-order valence-corrected chi connectivity index (χ1v) is 5.81. The summed E-state index contributed by atoms with van der Waals surface area (Å²) in [6.45, 7) is 4.35. The molecule has 0 radical (unpaired) electrons. The maximum atomic E-state index is 11.2. The summed E-state index contributed by atoms with van der Waals surface area (Å²) in [5, 5.41) is 0. The van der Waals surface area contributed by atoms with Crippen LogP contribution < -0.4 is 5.48 Å². The number of nitrogens with one attached hydrogen (secondary N) is 1. The van der Waals surface area contributed by atoms with Crippen molar-refractivity contribution in [1.29, 1.82) is 0 Å². The van der Waals surface area contributed by atoms with Crippen molar-refractivity contribution in [1.82, 2.24) is 5.48 Å². The first-order valence-electron chi connectivity index (χ1n) is 4.83. The van der Waals surface area contributed by atoms with E-state index in [9.17, 15) is 4.79 Å². The molecular formula is C11H15NO2S. The molecule has 0 saturated heterocycles. The van der Waals surface area contributed by atoms with Crippen LogP contribution in [0.1, 0.15) is 12.5 Å². The van der Waals surface area contributed by atoms with Gasteiger partial charge in [-0.05, 0) is 25.5 Å². The van der Waals surface area contributed by atoms with Crippen molar-refractivity contribution in [3.8, 4) is 0 Å². The normalized spacial score (nSPS) is 10.0. The minimum atomic E-state index is -0.106. The van der Waals surface area contributed by atoms with Crippen molar-refractivity contribution in [2.45, 2.75) is 18.7 Å². The number of thioether (sulfide) groups is 1. The average molecular weight is 225 g/mol. The van der Waals surface area contributed by atoms with Crippen molar-refractivity contribution < 1.29 is 9.63 Å². The van der Waals surface area contributed by atoms with E-state index in [2.05, 4.69) is 5.48 Å². The molecule has 82 valence electrons. The van der Waals surface area contributed by atoms with E-state index in [1.54, 1.807) is 0 Å². The van der Waals surface area contributed by atoms with Gasteiger partial charge in [0.1, 0.15) is 0 Å². The van der Waals surface area contributed by atoms with Crippen LogP contribution in [-0.4, -0.2) is 18.3 Å². The van der Waals surface area contributed by atoms with Crippen LogP contribution in [-0.2, 0) is 9.63 Å². The lowest BCUT2D eigenvalue weighted by atomic mass is 10.2. The second kappa shape index (κ2) is 6.48. The van der Waals surface area contributed by atoms with Gasteiger partial charge in [-0.15, -0.1) is 11.8 Å². The average Bonchev–Trinajstić information content (AvgIpc) is 2.25. The Bertz CT molecular complexity index is 328. The second-order valence-corrected chi connectivity index (χ2v) is 4.03. The lowest BCUT2D eigenvalue weighted by molar-refractivity contribution is -0.130. The Morgan fingerprint density at radius 3 is 2.87 bits per heavy atom. The number of aryl methyl sites for hydroxylation is 1. The predicted octanol–water partition coefficient (Wildman–Crippen LogP) is 2.15. The first-order chi connectivity index (χ1) is 7.24. The molecule has 15 heavy (non-hydrogen) atoms. The topological polar surface area (TPSA) is 38.3 Å². The van der Waals surface area contributed by atoms with Gasteiger partial charge in [0.15, 0.2) is 0 Å². The van der Waals surface area contributed by atoms with Crippen molar-refractivity contribution in [3.63, 3.8) is 0 Å². The van der Waals surface area contributed by atoms with Crippen molar-refractivity contribution in [2.24, 2.45) is 0 Å². The molecule has 1 N–H and O–H groups in total. The summed E-state index contributed by atoms with van der Waals surface area (Å²) >= 11 is 1.51. The number of benzene rings is 1. The molecule has 0 aliphatic rings. The van der Waals surface area contributed by atoms with E-state index in [1.165, 1.54) is 17.3 Å². The molecule has 1 aromatic carbocycles. The van der Waals surface area contributed by atoms with Crippen LogP contribution in [0, 0.1) is 6.92 Å². The zero-order chi connectivity index (χ0) is 11.1. The number of rotatable bonds is 5. The van der Waals surface area contributed by atoms with Gasteiger partial charge in [0.25, 0.3) is 5.91 Å². The molecule has 0 heterocycles. The third kappa shape index (κ3) is 4.36. The first kappa shape index (κ1) is 12.1. The van der Waals surface area contributed by atoms with Crippen molar-refractivity contribution in [2.75, 3.05) is 12.4 Å². The largest absolute Gasteiger partial charge is 0.274 e. The Kier molecular flexibility index (Phi) is 5.21. The number of hydrogen-bond donors (Lipinski definition) is 1. The molecule has 3 nitrogen and oxygen atoms in total. The smallest absolute Gasteiger partial charge is 0.253 e. The maximum absolute atomic E-state index is 11.2. The highest BCUT2D eigenvalue weighted by molar-refractivity contribution is 8.00. The van der Waals surface area contributed by atoms with Crippen molar-refractivity contribution in [3.05, 3.63) is 29.8 Å². The Morgan fingerprint density at radius 2 is 2.20 bits per heavy atom. The molecule has 0 unspecified atom stereocenters. The third-order valence-electron chi connectivity index (χ3n) is 1.78. The molecule has 0 saturated carbocycles. The second-order valence-electron chi connectivity index (χ2n) is 3.01. The Morgan fingerprint density at radius 1 is 1.47 bits per heavy atom. The fourth-order valence-corrected chi connectivity index (χ4v) is 1.86. The number of hydroxylamine groups is 1. The molecule has 1 amide bonds. The molecule has 4 heteroatoms. The van der Waals surface area contributed by atoms with Gasteiger partial charge in [0.05, 0.1) is 12.4 Å². The number of amides is 1.